The zero-order valence-corrected chi connectivity index (χ0v) is 31.2. The normalized spacial score (nSPS) is 48.0. The highest BCUT2D eigenvalue weighted by atomic mass is 32.2. The summed E-state index contributed by atoms with van der Waals surface area (Å²) in [7, 11) is 0. The lowest BCUT2D eigenvalue weighted by molar-refractivity contribution is -0.372. The third-order valence-corrected chi connectivity index (χ3v) is 10.5. The molecule has 4 saturated heterocycles. The van der Waals surface area contributed by atoms with Gasteiger partial charge in [0.05, 0.1) is 56.4 Å². The third kappa shape index (κ3) is 11.1. The van der Waals surface area contributed by atoms with Crippen molar-refractivity contribution in [2.24, 2.45) is 23.7 Å². The smallest absolute Gasteiger partial charge is 0.331 e. The molecule has 0 aromatic heterocycles. The van der Waals surface area contributed by atoms with Gasteiger partial charge in [0, 0.05) is 23.7 Å². The second kappa shape index (κ2) is 20.3. The molecule has 0 aromatic rings. The minimum Gasteiger partial charge on any atom is -0.390 e. The summed E-state index contributed by atoms with van der Waals surface area (Å²) in [5.41, 5.74) is 0. The zero-order valence-electron chi connectivity index (χ0n) is 29.5. The molecule has 0 aliphatic carbocycles. The highest BCUT2D eigenvalue weighted by Crippen LogP contribution is 2.36. The number of ether oxygens (including phenoxy) is 7. The van der Waals surface area contributed by atoms with Crippen LogP contribution in [0.25, 0.3) is 0 Å². The first kappa shape index (κ1) is 45.2. The molecular formula is C29H52O22S2. The van der Waals surface area contributed by atoms with Crippen LogP contribution >= 0.6 is 0 Å². The fraction of sp³-hybridized carbons (Fsp3) is 1.00. The molecule has 0 bridgehead atoms. The standard InChI is InChI=1S/C29H52O22S2/c1-6-14-18(30)11(3)45-27(21(14)33)42-8-16-23(35)29(47-13(5)25(16)49-51-53(39)40)43-9-17-22(34)28(46-12(4)24(17)48-50-52(37)38)41-7-15-19(31)10(2)44-26(36)20(15)32/h10-36H,6-9H2,1-5H3,(H,37,38)(H,39,40)/t10?,11?,12?,13?,14-,15-,16+,17+,18+,19+,20?,21?,22?,23?,24+,25+,26+,27+,28+,29+/m0/s1. The molecule has 0 amide bonds. The zero-order chi connectivity index (χ0) is 39.3. The number of hydrogen-bond acceptors (Lipinski definition) is 20. The number of rotatable bonds is 16. The van der Waals surface area contributed by atoms with Crippen molar-refractivity contribution in [3.8, 4) is 0 Å². The molecule has 53 heavy (non-hydrogen) atoms. The van der Waals surface area contributed by atoms with Gasteiger partial charge < -0.3 is 68.9 Å². The van der Waals surface area contributed by atoms with Gasteiger partial charge >= 0.3 is 22.7 Å². The summed E-state index contributed by atoms with van der Waals surface area (Å²) in [5.74, 6) is -3.97. The SMILES string of the molecule is CC[C@@H]1C(O)[C@H](OC[C@@H]2C(O)[C@H](OC[C@@H]3C(O)[C@H](OC[C@@H]4C(O)[C@H](O)OC(C)[C@H]4O)OC(C)[C@H]3OOS(=O)O)OC(C)[C@H]2OOS(=O)O)OC(C)[C@H]1O. The summed E-state index contributed by atoms with van der Waals surface area (Å²) in [6.07, 6.45) is -19.9. The van der Waals surface area contributed by atoms with Crippen LogP contribution in [0.5, 0.6) is 0 Å². The van der Waals surface area contributed by atoms with Gasteiger partial charge in [0.1, 0.15) is 36.6 Å². The van der Waals surface area contributed by atoms with E-state index in [1.807, 2.05) is 0 Å². The first-order valence-electron chi connectivity index (χ1n) is 17.1. The van der Waals surface area contributed by atoms with Crippen molar-refractivity contribution in [1.82, 2.24) is 0 Å². The quantitative estimate of drug-likeness (QED) is 0.0425. The van der Waals surface area contributed by atoms with Crippen LogP contribution in [0.4, 0.5) is 0 Å². The van der Waals surface area contributed by atoms with Gasteiger partial charge in [-0.25, -0.2) is 9.78 Å². The fourth-order valence-electron chi connectivity index (χ4n) is 7.05. The molecule has 0 aromatic carbocycles. The molecule has 4 rings (SSSR count). The van der Waals surface area contributed by atoms with Crippen molar-refractivity contribution in [3.05, 3.63) is 0 Å². The summed E-state index contributed by atoms with van der Waals surface area (Å²) in [6.45, 7) is 6.46. The monoisotopic (exact) mass is 816 g/mol. The third-order valence-electron chi connectivity index (χ3n) is 10.1. The van der Waals surface area contributed by atoms with Crippen molar-refractivity contribution in [2.75, 3.05) is 19.8 Å². The van der Waals surface area contributed by atoms with Crippen molar-refractivity contribution in [3.63, 3.8) is 0 Å². The van der Waals surface area contributed by atoms with Crippen LogP contribution in [0, 0.1) is 23.7 Å². The van der Waals surface area contributed by atoms with E-state index in [2.05, 4.69) is 8.67 Å². The van der Waals surface area contributed by atoms with Gasteiger partial charge in [-0.2, -0.15) is 8.42 Å². The van der Waals surface area contributed by atoms with Gasteiger partial charge in [0.2, 0.25) is 0 Å². The van der Waals surface area contributed by atoms with Gasteiger partial charge in [0.25, 0.3) is 0 Å². The van der Waals surface area contributed by atoms with Crippen LogP contribution < -0.4 is 0 Å². The Bertz CT molecular complexity index is 1160. The van der Waals surface area contributed by atoms with E-state index in [1.54, 1.807) is 13.8 Å². The molecule has 10 unspecified atom stereocenters. The Morgan fingerprint density at radius 2 is 0.849 bits per heavy atom. The van der Waals surface area contributed by atoms with Crippen molar-refractivity contribution in [2.45, 2.75) is 139 Å². The molecule has 9 N–H and O–H groups in total. The minimum atomic E-state index is -2.89. The van der Waals surface area contributed by atoms with Gasteiger partial charge in [-0.05, 0) is 34.1 Å². The molecule has 4 aliphatic heterocycles. The molecule has 24 heteroatoms. The fourth-order valence-corrected chi connectivity index (χ4v) is 7.37. The molecular weight excluding hydrogens is 764 g/mol. The molecule has 4 aliphatic rings. The second-order valence-electron chi connectivity index (χ2n) is 13.6. The van der Waals surface area contributed by atoms with Crippen LogP contribution in [0.15, 0.2) is 0 Å². The van der Waals surface area contributed by atoms with Crippen LogP contribution in [0.1, 0.15) is 41.0 Å². The minimum absolute atomic E-state index is 0.402. The summed E-state index contributed by atoms with van der Waals surface area (Å²) in [6, 6.07) is 0. The Kier molecular flexibility index (Phi) is 17.3. The predicted octanol–water partition coefficient (Wildman–Crippen LogP) is -3.05. The number of hydrogen-bond donors (Lipinski definition) is 9. The molecule has 4 fully saturated rings. The lowest BCUT2D eigenvalue weighted by Crippen LogP contribution is -2.60. The van der Waals surface area contributed by atoms with Gasteiger partial charge in [0.15, 0.2) is 25.2 Å². The van der Waals surface area contributed by atoms with E-state index in [0.717, 1.165) is 0 Å². The van der Waals surface area contributed by atoms with E-state index in [9.17, 15) is 48.7 Å². The molecule has 0 radical (unpaired) electrons. The van der Waals surface area contributed by atoms with E-state index in [0.29, 0.717) is 6.42 Å². The summed E-state index contributed by atoms with van der Waals surface area (Å²) in [5, 5.41) is 75.0. The summed E-state index contributed by atoms with van der Waals surface area (Å²) >= 11 is -5.77. The van der Waals surface area contributed by atoms with E-state index in [-0.39, 0.29) is 0 Å². The maximum Gasteiger partial charge on any atom is 0.331 e. The molecule has 312 valence electrons. The van der Waals surface area contributed by atoms with Gasteiger partial charge in [-0.1, -0.05) is 6.92 Å². The Morgan fingerprint density at radius 1 is 0.491 bits per heavy atom. The van der Waals surface area contributed by atoms with Gasteiger partial charge in [-0.3, -0.25) is 9.11 Å². The topological polar surface area (TPSA) is 318 Å². The molecule has 0 spiro atoms. The van der Waals surface area contributed by atoms with E-state index in [4.69, 9.17) is 47.5 Å². The Morgan fingerprint density at radius 3 is 1.26 bits per heavy atom. The van der Waals surface area contributed by atoms with E-state index < -0.39 is 165 Å². The van der Waals surface area contributed by atoms with E-state index in [1.165, 1.54) is 20.8 Å². The lowest BCUT2D eigenvalue weighted by Gasteiger charge is -2.46. The van der Waals surface area contributed by atoms with Crippen LogP contribution in [-0.2, 0) is 74.3 Å². The summed E-state index contributed by atoms with van der Waals surface area (Å²) < 4.78 is 89.5. The first-order chi connectivity index (χ1) is 25.0. The number of aliphatic hydroxyl groups excluding tert-OH is 7. The van der Waals surface area contributed by atoms with Crippen LogP contribution in [-0.4, -0.2) is 171 Å². The Hall–Kier alpha value is -0.500. The van der Waals surface area contributed by atoms with Crippen molar-refractivity contribution < 1.29 is 105 Å². The highest BCUT2D eigenvalue weighted by molar-refractivity contribution is 7.74. The molecule has 22 nitrogen and oxygen atoms in total. The average Bonchev–Trinajstić information content (AvgIpc) is 3.09. The van der Waals surface area contributed by atoms with Crippen LogP contribution in [0.2, 0.25) is 0 Å². The highest BCUT2D eigenvalue weighted by Gasteiger charge is 2.51. The first-order valence-corrected chi connectivity index (χ1v) is 19.1. The maximum atomic E-state index is 11.5. The Labute approximate surface area is 310 Å². The molecule has 0 saturated carbocycles. The molecule has 4 heterocycles. The van der Waals surface area contributed by atoms with Crippen LogP contribution in [0.3, 0.4) is 0 Å². The van der Waals surface area contributed by atoms with Crippen molar-refractivity contribution in [1.29, 1.82) is 0 Å². The van der Waals surface area contributed by atoms with Gasteiger partial charge in [-0.15, -0.1) is 8.67 Å². The largest absolute Gasteiger partial charge is 0.390 e. The Balaban J connectivity index is 1.49. The average molecular weight is 817 g/mol. The van der Waals surface area contributed by atoms with E-state index >= 15 is 0 Å². The lowest BCUT2D eigenvalue weighted by atomic mass is 9.87. The number of aliphatic hydroxyl groups is 7. The predicted molar refractivity (Wildman–Crippen MR) is 171 cm³/mol. The summed E-state index contributed by atoms with van der Waals surface area (Å²) in [4.78, 5) is 10.2. The molecule has 22 atom stereocenters. The maximum absolute atomic E-state index is 11.5. The second-order valence-corrected chi connectivity index (χ2v) is 14.7. The van der Waals surface area contributed by atoms with Crippen molar-refractivity contribution >= 4 is 22.7 Å².